The van der Waals surface area contributed by atoms with Crippen LogP contribution in [0.2, 0.25) is 0 Å². The lowest BCUT2D eigenvalue weighted by Gasteiger charge is -2.33. The van der Waals surface area contributed by atoms with Crippen molar-refractivity contribution in [1.29, 1.82) is 0 Å². The minimum atomic E-state index is -0.293. The summed E-state index contributed by atoms with van der Waals surface area (Å²) >= 11 is 0. The third kappa shape index (κ3) is 3.26. The molecule has 2 N–H and O–H groups in total. The third-order valence-electron chi connectivity index (χ3n) is 5.35. The van der Waals surface area contributed by atoms with Crippen LogP contribution in [0, 0.1) is 0 Å². The smallest absolute Gasteiger partial charge is 0.275 e. The average Bonchev–Trinajstić information content (AvgIpc) is 3.22. The van der Waals surface area contributed by atoms with Gasteiger partial charge in [-0.3, -0.25) is 9.59 Å². The van der Waals surface area contributed by atoms with E-state index >= 15 is 0 Å². The molecule has 0 saturated carbocycles. The Morgan fingerprint density at radius 1 is 1.14 bits per heavy atom. The van der Waals surface area contributed by atoms with Gasteiger partial charge in [-0.2, -0.15) is 5.10 Å². The van der Waals surface area contributed by atoms with E-state index < -0.39 is 0 Å². The summed E-state index contributed by atoms with van der Waals surface area (Å²) in [5.41, 5.74) is 0.920. The van der Waals surface area contributed by atoms with Crippen molar-refractivity contribution in [3.8, 4) is 11.5 Å². The number of carbonyl (C=O) groups excluding carboxylic acids is 1. The maximum Gasteiger partial charge on any atom is 0.275 e. The minimum Gasteiger partial charge on any atom is -0.454 e. The Morgan fingerprint density at radius 3 is 2.86 bits per heavy atom. The molecule has 1 aromatic heterocycles. The van der Waals surface area contributed by atoms with Crippen molar-refractivity contribution >= 4 is 22.4 Å². The number of nitrogens with zero attached hydrogens (tertiary/aromatic N) is 2. The second kappa shape index (κ2) is 7.12. The van der Waals surface area contributed by atoms with Gasteiger partial charge in [0, 0.05) is 36.3 Å². The number of aromatic amines is 1. The molecule has 1 saturated heterocycles. The van der Waals surface area contributed by atoms with Crippen LogP contribution in [0.5, 0.6) is 11.5 Å². The van der Waals surface area contributed by atoms with Crippen molar-refractivity contribution in [1.82, 2.24) is 15.1 Å². The maximum atomic E-state index is 13.2. The highest BCUT2D eigenvalue weighted by atomic mass is 16.7. The van der Waals surface area contributed by atoms with E-state index in [0.717, 1.165) is 30.0 Å². The number of carbonyl (C=O) groups is 1. The Hall–Kier alpha value is -3.55. The molecule has 0 radical (unpaired) electrons. The van der Waals surface area contributed by atoms with Crippen molar-refractivity contribution < 1.29 is 14.3 Å². The van der Waals surface area contributed by atoms with Gasteiger partial charge in [0.2, 0.25) is 6.79 Å². The van der Waals surface area contributed by atoms with Gasteiger partial charge in [0.15, 0.2) is 17.2 Å². The summed E-state index contributed by atoms with van der Waals surface area (Å²) in [4.78, 5) is 26.9. The number of amides is 1. The van der Waals surface area contributed by atoms with E-state index in [0.29, 0.717) is 23.9 Å². The highest BCUT2D eigenvalue weighted by molar-refractivity contribution is 6.04. The van der Waals surface area contributed by atoms with Crippen molar-refractivity contribution in [3.05, 3.63) is 58.5 Å². The quantitative estimate of drug-likeness (QED) is 0.710. The van der Waals surface area contributed by atoms with Crippen molar-refractivity contribution in [3.63, 3.8) is 0 Å². The number of rotatable bonds is 3. The van der Waals surface area contributed by atoms with Crippen LogP contribution in [-0.4, -0.2) is 46.9 Å². The SMILES string of the molecule is O=C(c1n[nH]c(=O)c2ccccc12)N1CCCC(Nc2ccc3c(c2)OCO3)C1. The largest absolute Gasteiger partial charge is 0.454 e. The Balaban J connectivity index is 1.35. The second-order valence-electron chi connectivity index (χ2n) is 7.25. The van der Waals surface area contributed by atoms with Gasteiger partial charge in [-0.25, -0.2) is 5.10 Å². The zero-order chi connectivity index (χ0) is 19.8. The fourth-order valence-electron chi connectivity index (χ4n) is 3.93. The lowest BCUT2D eigenvalue weighted by atomic mass is 10.0. The van der Waals surface area contributed by atoms with E-state index in [-0.39, 0.29) is 30.0 Å². The summed E-state index contributed by atoms with van der Waals surface area (Å²) in [6.45, 7) is 1.46. The molecule has 0 spiro atoms. The fourth-order valence-corrected chi connectivity index (χ4v) is 3.93. The van der Waals surface area contributed by atoms with E-state index in [2.05, 4.69) is 15.5 Å². The van der Waals surface area contributed by atoms with Crippen molar-refractivity contribution in [2.75, 3.05) is 25.2 Å². The number of H-pyrrole nitrogens is 1. The minimum absolute atomic E-state index is 0.113. The number of aromatic nitrogens is 2. The zero-order valence-corrected chi connectivity index (χ0v) is 15.7. The molecule has 2 aromatic carbocycles. The number of likely N-dealkylation sites (tertiary alicyclic amines) is 1. The normalized spacial score (nSPS) is 18.1. The number of hydrogen-bond acceptors (Lipinski definition) is 6. The van der Waals surface area contributed by atoms with Crippen LogP contribution in [0.3, 0.4) is 0 Å². The summed E-state index contributed by atoms with van der Waals surface area (Å²) in [5.74, 6) is 1.30. The number of nitrogens with one attached hydrogen (secondary N) is 2. The Bertz CT molecular complexity index is 1140. The molecule has 5 rings (SSSR count). The molecule has 3 aromatic rings. The Labute approximate surface area is 166 Å². The molecule has 2 aliphatic rings. The predicted octanol–water partition coefficient (Wildman–Crippen LogP) is 2.37. The van der Waals surface area contributed by atoms with E-state index in [1.54, 1.807) is 29.2 Å². The first-order chi connectivity index (χ1) is 14.2. The molecule has 1 fully saturated rings. The fraction of sp³-hybridized carbons (Fsp3) is 0.286. The van der Waals surface area contributed by atoms with Crippen LogP contribution in [0.1, 0.15) is 23.3 Å². The zero-order valence-electron chi connectivity index (χ0n) is 15.7. The van der Waals surface area contributed by atoms with E-state index in [4.69, 9.17) is 9.47 Å². The lowest BCUT2D eigenvalue weighted by molar-refractivity contribution is 0.0710. The van der Waals surface area contributed by atoms with Crippen LogP contribution >= 0.6 is 0 Å². The average molecular weight is 392 g/mol. The molecule has 8 heteroatoms. The molecule has 8 nitrogen and oxygen atoms in total. The van der Waals surface area contributed by atoms with Gasteiger partial charge in [0.1, 0.15) is 0 Å². The van der Waals surface area contributed by atoms with Gasteiger partial charge >= 0.3 is 0 Å². The van der Waals surface area contributed by atoms with Crippen LogP contribution in [0.15, 0.2) is 47.3 Å². The Kier molecular flexibility index (Phi) is 4.31. The van der Waals surface area contributed by atoms with Gasteiger partial charge in [0.05, 0.1) is 5.39 Å². The molecule has 1 atom stereocenters. The van der Waals surface area contributed by atoms with Crippen LogP contribution in [0.4, 0.5) is 5.69 Å². The van der Waals surface area contributed by atoms with Crippen LogP contribution < -0.4 is 20.3 Å². The molecule has 0 bridgehead atoms. The van der Waals surface area contributed by atoms with Gasteiger partial charge in [-0.05, 0) is 31.0 Å². The molecule has 29 heavy (non-hydrogen) atoms. The summed E-state index contributed by atoms with van der Waals surface area (Å²) in [6.07, 6.45) is 1.84. The first kappa shape index (κ1) is 17.5. The lowest BCUT2D eigenvalue weighted by Crippen LogP contribution is -2.45. The second-order valence-corrected chi connectivity index (χ2v) is 7.25. The van der Waals surface area contributed by atoms with Gasteiger partial charge in [-0.15, -0.1) is 0 Å². The summed E-state index contributed by atoms with van der Waals surface area (Å²) < 4.78 is 10.8. The number of piperidine rings is 1. The molecular weight excluding hydrogens is 372 g/mol. The van der Waals surface area contributed by atoms with Crippen molar-refractivity contribution in [2.24, 2.45) is 0 Å². The van der Waals surface area contributed by atoms with Gasteiger partial charge in [-0.1, -0.05) is 18.2 Å². The molecule has 3 heterocycles. The van der Waals surface area contributed by atoms with Crippen LogP contribution in [0.25, 0.3) is 10.8 Å². The summed E-state index contributed by atoms with van der Waals surface area (Å²) in [5, 5.41) is 11.0. The number of anilines is 1. The molecule has 0 aliphatic carbocycles. The molecule has 1 amide bonds. The highest BCUT2D eigenvalue weighted by Gasteiger charge is 2.27. The molecule has 2 aliphatic heterocycles. The first-order valence-electron chi connectivity index (χ1n) is 9.62. The third-order valence-corrected chi connectivity index (χ3v) is 5.35. The van der Waals surface area contributed by atoms with E-state index in [1.807, 2.05) is 18.2 Å². The van der Waals surface area contributed by atoms with Gasteiger partial charge in [0.25, 0.3) is 11.5 Å². The number of ether oxygens (including phenoxy) is 2. The highest BCUT2D eigenvalue weighted by Crippen LogP contribution is 2.34. The van der Waals surface area contributed by atoms with E-state index in [9.17, 15) is 9.59 Å². The monoisotopic (exact) mass is 392 g/mol. The summed E-state index contributed by atoms with van der Waals surface area (Å²) in [6, 6.07) is 12.9. The molecule has 148 valence electrons. The standard InChI is InChI=1S/C21H20N4O4/c26-20-16-6-2-1-5-15(16)19(23-24-20)21(27)25-9-3-4-14(11-25)22-13-7-8-17-18(10-13)29-12-28-17/h1-2,5-8,10,14,22H,3-4,9,11-12H2,(H,24,26). The number of hydrogen-bond donors (Lipinski definition) is 2. The number of fused-ring (bicyclic) bond motifs is 2. The number of benzene rings is 2. The molecular formula is C21H20N4O4. The van der Waals surface area contributed by atoms with Crippen LogP contribution in [-0.2, 0) is 0 Å². The Morgan fingerprint density at radius 2 is 1.97 bits per heavy atom. The van der Waals surface area contributed by atoms with E-state index in [1.165, 1.54) is 0 Å². The topological polar surface area (TPSA) is 96.6 Å². The first-order valence-corrected chi connectivity index (χ1v) is 9.62. The van der Waals surface area contributed by atoms with Gasteiger partial charge < -0.3 is 19.7 Å². The predicted molar refractivity (Wildman–Crippen MR) is 107 cm³/mol. The maximum absolute atomic E-state index is 13.2. The summed E-state index contributed by atoms with van der Waals surface area (Å²) in [7, 11) is 0. The van der Waals surface area contributed by atoms with Crippen molar-refractivity contribution in [2.45, 2.75) is 18.9 Å². The molecule has 1 unspecified atom stereocenters.